The van der Waals surface area contributed by atoms with Crippen LogP contribution in [-0.2, 0) is 4.79 Å². The second kappa shape index (κ2) is 10.5. The minimum atomic E-state index is -0.433. The van der Waals surface area contributed by atoms with Crippen LogP contribution in [0.4, 0.5) is 10.1 Å². The molecule has 1 heterocycles. The molecule has 1 amide bonds. The highest BCUT2D eigenvalue weighted by molar-refractivity contribution is 5.99. The standard InChI is InChI=1S/C23H26FN5O2/c1-3-28-10-12-29(13-11-28)22-9-6-19(14-21(22)24)17(2)26-27-23(30)16-31-20-7-4-18(15-25)5-8-20/h4-9,14H,3,10-13,16H2,1-2H3,(H,27,30)/p+1/b26-17-. The number of hydrogen-bond acceptors (Lipinski definition) is 5. The zero-order chi connectivity index (χ0) is 22.2. The van der Waals surface area contributed by atoms with E-state index in [-0.39, 0.29) is 12.4 Å². The summed E-state index contributed by atoms with van der Waals surface area (Å²) in [6.07, 6.45) is 0. The zero-order valence-electron chi connectivity index (χ0n) is 17.8. The molecule has 8 heteroatoms. The topological polar surface area (TPSA) is 82.2 Å². The molecule has 31 heavy (non-hydrogen) atoms. The summed E-state index contributed by atoms with van der Waals surface area (Å²) in [4.78, 5) is 15.6. The van der Waals surface area contributed by atoms with Crippen molar-refractivity contribution in [1.82, 2.24) is 5.43 Å². The highest BCUT2D eigenvalue weighted by atomic mass is 19.1. The number of halogens is 1. The number of likely N-dealkylation sites (N-methyl/N-ethyl adjacent to an activating group) is 1. The number of hydrogen-bond donors (Lipinski definition) is 2. The van der Waals surface area contributed by atoms with Crippen LogP contribution in [0.15, 0.2) is 47.6 Å². The van der Waals surface area contributed by atoms with Gasteiger partial charge >= 0.3 is 0 Å². The minimum Gasteiger partial charge on any atom is -0.484 e. The summed E-state index contributed by atoms with van der Waals surface area (Å²) in [6.45, 7) is 8.43. The quantitative estimate of drug-likeness (QED) is 0.519. The third kappa shape index (κ3) is 6.03. The van der Waals surface area contributed by atoms with Gasteiger partial charge in [0.25, 0.3) is 5.91 Å². The largest absolute Gasteiger partial charge is 0.484 e. The van der Waals surface area contributed by atoms with Gasteiger partial charge in [-0.2, -0.15) is 10.4 Å². The van der Waals surface area contributed by atoms with E-state index >= 15 is 0 Å². The van der Waals surface area contributed by atoms with Gasteiger partial charge in [0, 0.05) is 5.56 Å². The van der Waals surface area contributed by atoms with Crippen LogP contribution in [-0.4, -0.2) is 50.9 Å². The van der Waals surface area contributed by atoms with Gasteiger partial charge in [0.15, 0.2) is 6.61 Å². The molecule has 1 aliphatic heterocycles. The lowest BCUT2D eigenvalue weighted by molar-refractivity contribution is -0.898. The van der Waals surface area contributed by atoms with Crippen molar-refractivity contribution in [3.63, 3.8) is 0 Å². The van der Waals surface area contributed by atoms with Crippen LogP contribution in [0.1, 0.15) is 25.0 Å². The molecule has 0 saturated carbocycles. The molecule has 1 saturated heterocycles. The van der Waals surface area contributed by atoms with E-state index in [1.54, 1.807) is 37.3 Å². The number of nitrogens with one attached hydrogen (secondary N) is 2. The second-order valence-corrected chi connectivity index (χ2v) is 7.41. The first-order valence-corrected chi connectivity index (χ1v) is 10.3. The number of nitrogens with zero attached hydrogens (tertiary/aromatic N) is 3. The highest BCUT2D eigenvalue weighted by Gasteiger charge is 2.21. The molecule has 0 aromatic heterocycles. The molecular weight excluding hydrogens is 397 g/mol. The lowest BCUT2D eigenvalue weighted by Crippen LogP contribution is -3.14. The fourth-order valence-electron chi connectivity index (χ4n) is 3.42. The Labute approximate surface area is 181 Å². The summed E-state index contributed by atoms with van der Waals surface area (Å²) in [6, 6.07) is 13.5. The molecule has 7 nitrogen and oxygen atoms in total. The number of carbonyl (C=O) groups excluding carboxylic acids is 1. The molecule has 1 aliphatic rings. The van der Waals surface area contributed by atoms with E-state index in [1.165, 1.54) is 11.0 Å². The number of benzene rings is 2. The predicted octanol–water partition coefficient (Wildman–Crippen LogP) is 1.34. The Hall–Kier alpha value is -3.44. The normalized spacial score (nSPS) is 14.8. The fraction of sp³-hybridized carbons (Fsp3) is 0.348. The van der Waals surface area contributed by atoms with Crippen molar-refractivity contribution in [3.05, 3.63) is 59.4 Å². The van der Waals surface area contributed by atoms with E-state index in [1.807, 2.05) is 12.1 Å². The summed E-state index contributed by atoms with van der Waals surface area (Å²) in [5.74, 6) is -0.242. The Bertz CT molecular complexity index is 976. The smallest absolute Gasteiger partial charge is 0.277 e. The van der Waals surface area contributed by atoms with Gasteiger partial charge in [0.2, 0.25) is 0 Å². The molecular formula is C23H27FN5O2+. The third-order valence-corrected chi connectivity index (χ3v) is 5.38. The van der Waals surface area contributed by atoms with Crippen molar-refractivity contribution < 1.29 is 18.8 Å². The Balaban J connectivity index is 1.54. The summed E-state index contributed by atoms with van der Waals surface area (Å²) < 4.78 is 20.1. The van der Waals surface area contributed by atoms with Gasteiger partial charge in [-0.15, -0.1) is 0 Å². The lowest BCUT2D eigenvalue weighted by Gasteiger charge is -2.33. The Morgan fingerprint density at radius 1 is 1.26 bits per heavy atom. The SMILES string of the molecule is CC[NH+]1CCN(c2ccc(/C(C)=N\NC(=O)COc3ccc(C#N)cc3)cc2F)CC1. The number of ether oxygens (including phenoxy) is 1. The highest BCUT2D eigenvalue weighted by Crippen LogP contribution is 2.21. The van der Waals surface area contributed by atoms with Crippen molar-refractivity contribution in [2.24, 2.45) is 5.10 Å². The van der Waals surface area contributed by atoms with E-state index < -0.39 is 5.91 Å². The van der Waals surface area contributed by atoms with Crippen molar-refractivity contribution in [3.8, 4) is 11.8 Å². The maximum atomic E-state index is 14.7. The van der Waals surface area contributed by atoms with E-state index in [9.17, 15) is 9.18 Å². The maximum absolute atomic E-state index is 14.7. The molecule has 0 bridgehead atoms. The van der Waals surface area contributed by atoms with Crippen LogP contribution in [0.5, 0.6) is 5.75 Å². The van der Waals surface area contributed by atoms with E-state index in [2.05, 4.69) is 22.4 Å². The number of amides is 1. The summed E-state index contributed by atoms with van der Waals surface area (Å²) >= 11 is 0. The Morgan fingerprint density at radius 2 is 1.97 bits per heavy atom. The Morgan fingerprint density at radius 3 is 2.58 bits per heavy atom. The summed E-state index contributed by atoms with van der Waals surface area (Å²) in [7, 11) is 0. The molecule has 1 fully saturated rings. The number of quaternary nitrogens is 1. The average molecular weight is 425 g/mol. The summed E-state index contributed by atoms with van der Waals surface area (Å²) in [5.41, 5.74) is 4.64. The average Bonchev–Trinajstić information content (AvgIpc) is 2.81. The monoisotopic (exact) mass is 424 g/mol. The third-order valence-electron chi connectivity index (χ3n) is 5.38. The van der Waals surface area contributed by atoms with E-state index in [4.69, 9.17) is 10.00 Å². The Kier molecular flexibility index (Phi) is 7.57. The molecule has 0 radical (unpaired) electrons. The molecule has 162 valence electrons. The molecule has 0 aliphatic carbocycles. The first-order chi connectivity index (χ1) is 15.0. The lowest BCUT2D eigenvalue weighted by atomic mass is 10.1. The number of piperazine rings is 1. The molecule has 0 atom stereocenters. The van der Waals surface area contributed by atoms with Gasteiger partial charge in [-0.05, 0) is 50.2 Å². The van der Waals surface area contributed by atoms with Crippen molar-refractivity contribution in [2.75, 3.05) is 44.2 Å². The van der Waals surface area contributed by atoms with Crippen molar-refractivity contribution in [1.29, 1.82) is 5.26 Å². The summed E-state index contributed by atoms with van der Waals surface area (Å²) in [5, 5.41) is 12.8. The molecule has 2 aromatic rings. The van der Waals surface area contributed by atoms with Crippen LogP contribution in [0.2, 0.25) is 0 Å². The number of anilines is 1. The van der Waals surface area contributed by atoms with Crippen molar-refractivity contribution in [2.45, 2.75) is 13.8 Å². The van der Waals surface area contributed by atoms with Crippen LogP contribution in [0, 0.1) is 17.1 Å². The molecule has 0 spiro atoms. The number of hydrazone groups is 1. The minimum absolute atomic E-state index is 0.221. The van der Waals surface area contributed by atoms with Crippen molar-refractivity contribution >= 4 is 17.3 Å². The van der Waals surface area contributed by atoms with E-state index in [0.29, 0.717) is 28.3 Å². The van der Waals surface area contributed by atoms with Crippen LogP contribution >= 0.6 is 0 Å². The van der Waals surface area contributed by atoms with Gasteiger partial charge < -0.3 is 14.5 Å². The first-order valence-electron chi connectivity index (χ1n) is 10.3. The van der Waals surface area contributed by atoms with Crippen LogP contribution < -0.4 is 20.0 Å². The molecule has 3 rings (SSSR count). The molecule has 0 unspecified atom stereocenters. The fourth-order valence-corrected chi connectivity index (χ4v) is 3.42. The number of carbonyl (C=O) groups is 1. The maximum Gasteiger partial charge on any atom is 0.277 e. The van der Waals surface area contributed by atoms with Gasteiger partial charge in [0.1, 0.15) is 11.6 Å². The molecule has 2 aromatic carbocycles. The molecule has 2 N–H and O–H groups in total. The van der Waals surface area contributed by atoms with Gasteiger partial charge in [-0.1, -0.05) is 6.07 Å². The number of rotatable bonds is 7. The van der Waals surface area contributed by atoms with Crippen LogP contribution in [0.3, 0.4) is 0 Å². The predicted molar refractivity (Wildman–Crippen MR) is 117 cm³/mol. The number of nitriles is 1. The zero-order valence-corrected chi connectivity index (χ0v) is 17.8. The second-order valence-electron chi connectivity index (χ2n) is 7.41. The van der Waals surface area contributed by atoms with Gasteiger partial charge in [0.05, 0.1) is 55.8 Å². The first kappa shape index (κ1) is 22.2. The van der Waals surface area contributed by atoms with E-state index in [0.717, 1.165) is 32.7 Å². The van der Waals surface area contributed by atoms with Crippen LogP contribution in [0.25, 0.3) is 0 Å². The van der Waals surface area contributed by atoms with Gasteiger partial charge in [-0.25, -0.2) is 9.82 Å². The van der Waals surface area contributed by atoms with Gasteiger partial charge in [-0.3, -0.25) is 4.79 Å².